The van der Waals surface area contributed by atoms with Crippen LogP contribution < -0.4 is 0 Å². The van der Waals surface area contributed by atoms with Gasteiger partial charge in [-0.25, -0.2) is 9.97 Å². The lowest BCUT2D eigenvalue weighted by Crippen LogP contribution is -2.37. The minimum absolute atomic E-state index is 0.189. The molecule has 0 spiro atoms. The van der Waals surface area contributed by atoms with Gasteiger partial charge in [0, 0.05) is 44.2 Å². The summed E-state index contributed by atoms with van der Waals surface area (Å²) in [6.07, 6.45) is 10.2. The number of carbonyl (C=O) groups excluding carboxylic acids is 1. The van der Waals surface area contributed by atoms with Crippen LogP contribution in [-0.4, -0.2) is 38.8 Å². The van der Waals surface area contributed by atoms with Crippen molar-refractivity contribution in [3.05, 3.63) is 42.6 Å². The summed E-state index contributed by atoms with van der Waals surface area (Å²) in [5, 5.41) is 0. The summed E-state index contributed by atoms with van der Waals surface area (Å²) in [5.74, 6) is 0.831. The Morgan fingerprint density at radius 2 is 1.91 bits per heavy atom. The molecule has 0 bridgehead atoms. The fraction of sp³-hybridized carbons (Fsp3) is 0.412. The van der Waals surface area contributed by atoms with Gasteiger partial charge in [0.25, 0.3) is 0 Å². The van der Waals surface area contributed by atoms with Gasteiger partial charge in [0.05, 0.1) is 5.69 Å². The lowest BCUT2D eigenvalue weighted by Gasteiger charge is -2.31. The third kappa shape index (κ3) is 3.47. The predicted octanol–water partition coefficient (Wildman–Crippen LogP) is 2.34. The number of piperidine rings is 1. The second-order valence-electron chi connectivity index (χ2n) is 5.83. The fourth-order valence-corrected chi connectivity index (χ4v) is 2.93. The molecule has 1 amide bonds. The first-order valence-electron chi connectivity index (χ1n) is 7.68. The van der Waals surface area contributed by atoms with Crippen LogP contribution in [0.3, 0.4) is 0 Å². The molecule has 1 saturated heterocycles. The van der Waals surface area contributed by atoms with E-state index >= 15 is 0 Å². The molecule has 114 valence electrons. The number of aromatic nitrogens is 3. The Kier molecular flexibility index (Phi) is 4.42. The molecular weight excluding hydrogens is 276 g/mol. The molecule has 5 heteroatoms. The Morgan fingerprint density at radius 3 is 2.50 bits per heavy atom. The molecule has 5 nitrogen and oxygen atoms in total. The Hall–Kier alpha value is -2.30. The lowest BCUT2D eigenvalue weighted by molar-refractivity contribution is -0.130. The molecule has 0 aromatic carbocycles. The van der Waals surface area contributed by atoms with Gasteiger partial charge >= 0.3 is 0 Å². The number of rotatable bonds is 3. The minimum Gasteiger partial charge on any atom is -0.343 e. The standard InChI is InChI=1S/C17H20N4O/c1-13(22)21-6-4-14(5-7-21)8-15-2-3-17(20-9-15)16-10-18-12-19-11-16/h2-3,9-12,14H,4-8H2,1H3. The first-order chi connectivity index (χ1) is 10.7. The van der Waals surface area contributed by atoms with E-state index in [2.05, 4.69) is 21.0 Å². The van der Waals surface area contributed by atoms with Crippen LogP contribution in [0.1, 0.15) is 25.3 Å². The molecule has 0 radical (unpaired) electrons. The van der Waals surface area contributed by atoms with Crippen LogP contribution in [0.5, 0.6) is 0 Å². The van der Waals surface area contributed by atoms with Crippen LogP contribution in [0.4, 0.5) is 0 Å². The third-order valence-electron chi connectivity index (χ3n) is 4.27. The van der Waals surface area contributed by atoms with Gasteiger partial charge in [-0.1, -0.05) is 6.07 Å². The van der Waals surface area contributed by atoms with Crippen molar-refractivity contribution >= 4 is 5.91 Å². The van der Waals surface area contributed by atoms with Crippen molar-refractivity contribution in [2.24, 2.45) is 5.92 Å². The Balaban J connectivity index is 1.59. The zero-order valence-corrected chi connectivity index (χ0v) is 12.8. The van der Waals surface area contributed by atoms with Crippen molar-refractivity contribution in [2.75, 3.05) is 13.1 Å². The number of nitrogens with zero attached hydrogens (tertiary/aromatic N) is 4. The van der Waals surface area contributed by atoms with Crippen LogP contribution in [0.15, 0.2) is 37.1 Å². The highest BCUT2D eigenvalue weighted by atomic mass is 16.2. The molecule has 0 aliphatic carbocycles. The zero-order valence-electron chi connectivity index (χ0n) is 12.8. The SMILES string of the molecule is CC(=O)N1CCC(Cc2ccc(-c3cncnc3)nc2)CC1. The van der Waals surface area contributed by atoms with Crippen LogP contribution in [0.2, 0.25) is 0 Å². The van der Waals surface area contributed by atoms with E-state index in [9.17, 15) is 4.79 Å². The maximum atomic E-state index is 11.3. The molecule has 3 heterocycles. The highest BCUT2D eigenvalue weighted by Gasteiger charge is 2.20. The summed E-state index contributed by atoms with van der Waals surface area (Å²) < 4.78 is 0. The smallest absolute Gasteiger partial charge is 0.219 e. The maximum Gasteiger partial charge on any atom is 0.219 e. The van der Waals surface area contributed by atoms with Gasteiger partial charge in [0.15, 0.2) is 0 Å². The molecule has 22 heavy (non-hydrogen) atoms. The second-order valence-corrected chi connectivity index (χ2v) is 5.83. The van der Waals surface area contributed by atoms with E-state index in [1.807, 2.05) is 17.2 Å². The van der Waals surface area contributed by atoms with Crippen LogP contribution in [0.25, 0.3) is 11.3 Å². The second kappa shape index (κ2) is 6.64. The van der Waals surface area contributed by atoms with Crippen molar-refractivity contribution in [2.45, 2.75) is 26.2 Å². The van der Waals surface area contributed by atoms with Crippen LogP contribution in [0, 0.1) is 5.92 Å². The zero-order chi connectivity index (χ0) is 15.4. The first kappa shape index (κ1) is 14.6. The summed E-state index contributed by atoms with van der Waals surface area (Å²) in [6.45, 7) is 3.41. The first-order valence-corrected chi connectivity index (χ1v) is 7.68. The molecule has 2 aromatic rings. The highest BCUT2D eigenvalue weighted by Crippen LogP contribution is 2.22. The topological polar surface area (TPSA) is 59.0 Å². The maximum absolute atomic E-state index is 11.3. The quantitative estimate of drug-likeness (QED) is 0.872. The van der Waals surface area contributed by atoms with E-state index < -0.39 is 0 Å². The molecule has 0 N–H and O–H groups in total. The lowest BCUT2D eigenvalue weighted by atomic mass is 9.90. The normalized spacial score (nSPS) is 15.8. The molecule has 2 aromatic heterocycles. The van der Waals surface area contributed by atoms with E-state index in [0.29, 0.717) is 5.92 Å². The summed E-state index contributed by atoms with van der Waals surface area (Å²) in [5.41, 5.74) is 3.08. The molecule has 0 saturated carbocycles. The van der Waals surface area contributed by atoms with E-state index in [4.69, 9.17) is 0 Å². The average Bonchev–Trinajstić information content (AvgIpc) is 2.57. The summed E-state index contributed by atoms with van der Waals surface area (Å²) >= 11 is 0. The van der Waals surface area contributed by atoms with Gasteiger partial charge in [-0.15, -0.1) is 0 Å². The van der Waals surface area contributed by atoms with E-state index in [1.54, 1.807) is 19.3 Å². The van der Waals surface area contributed by atoms with Crippen LogP contribution in [-0.2, 0) is 11.2 Å². The van der Waals surface area contributed by atoms with Gasteiger partial charge in [-0.2, -0.15) is 0 Å². The van der Waals surface area contributed by atoms with Gasteiger partial charge < -0.3 is 4.90 Å². The molecule has 0 unspecified atom stereocenters. The van der Waals surface area contributed by atoms with Crippen molar-refractivity contribution in [3.8, 4) is 11.3 Å². The summed E-state index contributed by atoms with van der Waals surface area (Å²) in [7, 11) is 0. The molecule has 3 rings (SSSR count). The van der Waals surface area contributed by atoms with E-state index in [0.717, 1.165) is 43.6 Å². The minimum atomic E-state index is 0.189. The number of amides is 1. The van der Waals surface area contributed by atoms with Gasteiger partial charge in [-0.3, -0.25) is 9.78 Å². The fourth-order valence-electron chi connectivity index (χ4n) is 2.93. The Bertz CT molecular complexity index is 619. The van der Waals surface area contributed by atoms with Crippen molar-refractivity contribution in [1.82, 2.24) is 19.9 Å². The van der Waals surface area contributed by atoms with E-state index in [1.165, 1.54) is 11.9 Å². The monoisotopic (exact) mass is 296 g/mol. The highest BCUT2D eigenvalue weighted by molar-refractivity contribution is 5.73. The number of hydrogen-bond acceptors (Lipinski definition) is 4. The number of hydrogen-bond donors (Lipinski definition) is 0. The van der Waals surface area contributed by atoms with Gasteiger partial charge in [0.1, 0.15) is 6.33 Å². The molecule has 1 aliphatic heterocycles. The Labute approximate surface area is 130 Å². The third-order valence-corrected chi connectivity index (χ3v) is 4.27. The van der Waals surface area contributed by atoms with E-state index in [-0.39, 0.29) is 5.91 Å². The van der Waals surface area contributed by atoms with Crippen LogP contribution >= 0.6 is 0 Å². The van der Waals surface area contributed by atoms with Crippen molar-refractivity contribution in [1.29, 1.82) is 0 Å². The number of pyridine rings is 1. The molecular formula is C17H20N4O. The predicted molar refractivity (Wildman–Crippen MR) is 83.9 cm³/mol. The molecule has 1 fully saturated rings. The largest absolute Gasteiger partial charge is 0.343 e. The van der Waals surface area contributed by atoms with Gasteiger partial charge in [-0.05, 0) is 36.8 Å². The summed E-state index contributed by atoms with van der Waals surface area (Å²) in [4.78, 5) is 25.8. The molecule has 1 aliphatic rings. The van der Waals surface area contributed by atoms with Crippen molar-refractivity contribution < 1.29 is 4.79 Å². The average molecular weight is 296 g/mol. The number of likely N-dealkylation sites (tertiary alicyclic amines) is 1. The molecule has 0 atom stereocenters. The van der Waals surface area contributed by atoms with Gasteiger partial charge in [0.2, 0.25) is 5.91 Å². The Morgan fingerprint density at radius 1 is 1.18 bits per heavy atom. The summed E-state index contributed by atoms with van der Waals surface area (Å²) in [6, 6.07) is 4.16. The number of carbonyl (C=O) groups is 1. The van der Waals surface area contributed by atoms with Crippen molar-refractivity contribution in [3.63, 3.8) is 0 Å².